The van der Waals surface area contributed by atoms with Gasteiger partial charge in [-0.3, -0.25) is 9.59 Å². The van der Waals surface area contributed by atoms with Crippen molar-refractivity contribution in [3.8, 4) is 10.4 Å². The molecule has 0 saturated heterocycles. The number of aryl methyl sites for hydroxylation is 1. The van der Waals surface area contributed by atoms with E-state index >= 15 is 0 Å². The second-order valence-electron chi connectivity index (χ2n) is 4.72. The van der Waals surface area contributed by atoms with Crippen LogP contribution in [-0.4, -0.2) is 21.1 Å². The van der Waals surface area contributed by atoms with Crippen molar-refractivity contribution in [1.29, 1.82) is 0 Å². The maximum atomic E-state index is 12.5. The minimum atomic E-state index is -0.446. The number of rotatable bonds is 4. The lowest BCUT2D eigenvalue weighted by molar-refractivity contribution is -0.117. The number of primary amides is 1. The van der Waals surface area contributed by atoms with Gasteiger partial charge in [0.25, 0.3) is 5.56 Å². The number of carbonyl (C=O) groups is 1. The Morgan fingerprint density at radius 3 is 2.91 bits per heavy atom. The van der Waals surface area contributed by atoms with Crippen LogP contribution >= 0.6 is 34.4 Å². The van der Waals surface area contributed by atoms with Gasteiger partial charge in [-0.1, -0.05) is 17.8 Å². The zero-order valence-electron chi connectivity index (χ0n) is 11.9. The molecule has 3 heterocycles. The summed E-state index contributed by atoms with van der Waals surface area (Å²) >= 11 is 4.25. The molecule has 8 heteroatoms. The van der Waals surface area contributed by atoms with E-state index in [1.165, 1.54) is 11.3 Å². The van der Waals surface area contributed by atoms with Crippen molar-refractivity contribution >= 4 is 50.6 Å². The third kappa shape index (κ3) is 2.69. The van der Waals surface area contributed by atoms with Gasteiger partial charge in [0.1, 0.15) is 4.83 Å². The zero-order valence-corrected chi connectivity index (χ0v) is 14.3. The first-order valence-corrected chi connectivity index (χ1v) is 9.08. The van der Waals surface area contributed by atoms with E-state index in [2.05, 4.69) is 9.97 Å². The Morgan fingerprint density at radius 2 is 2.27 bits per heavy atom. The van der Waals surface area contributed by atoms with Gasteiger partial charge in [0.2, 0.25) is 5.91 Å². The number of nitrogens with zero attached hydrogens (tertiary/aromatic N) is 1. The molecule has 114 valence electrons. The van der Waals surface area contributed by atoms with Crippen molar-refractivity contribution < 1.29 is 4.79 Å². The van der Waals surface area contributed by atoms with Gasteiger partial charge in [-0.25, -0.2) is 4.98 Å². The quantitative estimate of drug-likeness (QED) is 0.558. The van der Waals surface area contributed by atoms with E-state index in [9.17, 15) is 9.59 Å². The Labute approximate surface area is 138 Å². The highest BCUT2D eigenvalue weighted by Gasteiger charge is 2.19. The van der Waals surface area contributed by atoms with E-state index in [0.29, 0.717) is 15.4 Å². The molecule has 0 aliphatic carbocycles. The van der Waals surface area contributed by atoms with Crippen LogP contribution in [0.2, 0.25) is 0 Å². The first kappa shape index (κ1) is 15.3. The van der Waals surface area contributed by atoms with Gasteiger partial charge in [-0.2, -0.15) is 0 Å². The summed E-state index contributed by atoms with van der Waals surface area (Å²) in [7, 11) is 0. The maximum absolute atomic E-state index is 12.5. The predicted octanol–water partition coefficient (Wildman–Crippen LogP) is 2.99. The van der Waals surface area contributed by atoms with Crippen LogP contribution in [0.3, 0.4) is 0 Å². The Bertz CT molecular complexity index is 896. The molecule has 0 bridgehead atoms. The average Bonchev–Trinajstić information content (AvgIpc) is 3.05. The molecule has 1 unspecified atom stereocenters. The van der Waals surface area contributed by atoms with Crippen molar-refractivity contribution in [2.45, 2.75) is 24.3 Å². The molecule has 0 aromatic carbocycles. The summed E-state index contributed by atoms with van der Waals surface area (Å²) in [6.07, 6.45) is 0. The first-order valence-electron chi connectivity index (χ1n) is 6.50. The van der Waals surface area contributed by atoms with Gasteiger partial charge in [0.15, 0.2) is 5.16 Å². The van der Waals surface area contributed by atoms with E-state index in [4.69, 9.17) is 5.73 Å². The number of aromatic nitrogens is 2. The van der Waals surface area contributed by atoms with Crippen molar-refractivity contribution in [2.75, 3.05) is 0 Å². The molecule has 0 spiro atoms. The first-order chi connectivity index (χ1) is 10.5. The van der Waals surface area contributed by atoms with Crippen LogP contribution in [0.1, 0.15) is 11.8 Å². The number of amides is 1. The van der Waals surface area contributed by atoms with E-state index < -0.39 is 11.2 Å². The summed E-state index contributed by atoms with van der Waals surface area (Å²) in [6.45, 7) is 3.67. The largest absolute Gasteiger partial charge is 0.369 e. The number of hydrogen-bond acceptors (Lipinski definition) is 6. The van der Waals surface area contributed by atoms with Gasteiger partial charge < -0.3 is 10.7 Å². The molecule has 3 aromatic rings. The summed E-state index contributed by atoms with van der Waals surface area (Å²) < 4.78 is 0. The van der Waals surface area contributed by atoms with E-state index in [0.717, 1.165) is 27.1 Å². The fourth-order valence-electron chi connectivity index (χ4n) is 2.10. The number of aromatic amines is 1. The van der Waals surface area contributed by atoms with Crippen LogP contribution in [0.15, 0.2) is 27.5 Å². The lowest BCUT2D eigenvalue weighted by Gasteiger charge is -2.05. The number of H-pyrrole nitrogens is 1. The summed E-state index contributed by atoms with van der Waals surface area (Å²) in [5, 5.41) is 2.57. The molecule has 0 fully saturated rings. The normalized spacial score (nSPS) is 12.6. The number of nitrogens with two attached hydrogens (primary N) is 1. The van der Waals surface area contributed by atoms with E-state index in [-0.39, 0.29) is 5.56 Å². The molecule has 0 aliphatic rings. The highest BCUT2D eigenvalue weighted by atomic mass is 32.2. The van der Waals surface area contributed by atoms with Gasteiger partial charge in [0, 0.05) is 15.3 Å². The van der Waals surface area contributed by atoms with Crippen LogP contribution in [-0.2, 0) is 4.79 Å². The van der Waals surface area contributed by atoms with Crippen LogP contribution in [0, 0.1) is 6.92 Å². The second-order valence-corrected chi connectivity index (χ2v) is 8.20. The summed E-state index contributed by atoms with van der Waals surface area (Å²) in [5.74, 6) is -0.436. The van der Waals surface area contributed by atoms with Crippen LogP contribution in [0.25, 0.3) is 20.7 Å². The fraction of sp³-hybridized carbons (Fsp3) is 0.214. The number of thioether (sulfide) groups is 1. The molecule has 0 aliphatic heterocycles. The lowest BCUT2D eigenvalue weighted by atomic mass is 10.1. The second kappa shape index (κ2) is 5.86. The molecule has 0 radical (unpaired) electrons. The molecular formula is C14H13N3O2S3. The lowest BCUT2D eigenvalue weighted by Crippen LogP contribution is -2.23. The van der Waals surface area contributed by atoms with Crippen molar-refractivity contribution in [3.05, 3.63) is 32.7 Å². The third-order valence-corrected chi connectivity index (χ3v) is 6.06. The SMILES string of the molecule is Cc1sc2nc(SC(C)C(N)=O)[nH]c(=O)c2c1-c1cccs1. The number of fused-ring (bicyclic) bond motifs is 1. The average molecular weight is 351 g/mol. The Kier molecular flexibility index (Phi) is 4.07. The molecule has 0 saturated carbocycles. The molecule has 3 N–H and O–H groups in total. The Balaban J connectivity index is 2.14. The predicted molar refractivity (Wildman–Crippen MR) is 92.8 cm³/mol. The summed E-state index contributed by atoms with van der Waals surface area (Å²) in [6, 6.07) is 3.96. The zero-order chi connectivity index (χ0) is 15.9. The number of thiophene rings is 2. The molecule has 3 aromatic heterocycles. The van der Waals surface area contributed by atoms with Gasteiger partial charge in [-0.15, -0.1) is 22.7 Å². The summed E-state index contributed by atoms with van der Waals surface area (Å²) in [5.41, 5.74) is 6.02. The monoisotopic (exact) mass is 351 g/mol. The Hall–Kier alpha value is -1.64. The van der Waals surface area contributed by atoms with Crippen LogP contribution < -0.4 is 11.3 Å². The standard InChI is InChI=1S/C14H13N3O2S3/c1-6-9(8-4-3-5-20-8)10-12(19)16-14(17-13(10)21-6)22-7(2)11(15)18/h3-5,7H,1-2H3,(H2,15,18)(H,16,17,19). The van der Waals surface area contributed by atoms with Gasteiger partial charge in [-0.05, 0) is 25.3 Å². The number of hydrogen-bond donors (Lipinski definition) is 2. The summed E-state index contributed by atoms with van der Waals surface area (Å²) in [4.78, 5) is 33.6. The maximum Gasteiger partial charge on any atom is 0.260 e. The minimum Gasteiger partial charge on any atom is -0.369 e. The molecule has 3 rings (SSSR count). The molecule has 1 amide bonds. The van der Waals surface area contributed by atoms with Crippen LogP contribution in [0.4, 0.5) is 0 Å². The van der Waals surface area contributed by atoms with E-state index in [1.54, 1.807) is 18.3 Å². The van der Waals surface area contributed by atoms with Crippen molar-refractivity contribution in [2.24, 2.45) is 5.73 Å². The van der Waals surface area contributed by atoms with Crippen molar-refractivity contribution in [3.63, 3.8) is 0 Å². The van der Waals surface area contributed by atoms with E-state index in [1.807, 2.05) is 24.4 Å². The fourth-order valence-corrected chi connectivity index (χ4v) is 4.84. The minimum absolute atomic E-state index is 0.183. The highest BCUT2D eigenvalue weighted by molar-refractivity contribution is 8.00. The number of carbonyl (C=O) groups excluding carboxylic acids is 1. The van der Waals surface area contributed by atoms with Crippen molar-refractivity contribution in [1.82, 2.24) is 9.97 Å². The number of nitrogens with one attached hydrogen (secondary N) is 1. The molecule has 22 heavy (non-hydrogen) atoms. The highest BCUT2D eigenvalue weighted by Crippen LogP contribution is 2.38. The Morgan fingerprint density at radius 1 is 1.50 bits per heavy atom. The van der Waals surface area contributed by atoms with Gasteiger partial charge >= 0.3 is 0 Å². The molecular weight excluding hydrogens is 338 g/mol. The third-order valence-electron chi connectivity index (χ3n) is 3.17. The van der Waals surface area contributed by atoms with Gasteiger partial charge in [0.05, 0.1) is 10.6 Å². The van der Waals surface area contributed by atoms with Crippen LogP contribution in [0.5, 0.6) is 0 Å². The molecule has 1 atom stereocenters. The topological polar surface area (TPSA) is 88.8 Å². The smallest absolute Gasteiger partial charge is 0.260 e. The molecule has 5 nitrogen and oxygen atoms in total.